The van der Waals surface area contributed by atoms with Crippen molar-refractivity contribution in [1.29, 1.82) is 5.26 Å². The maximum Gasteiger partial charge on any atom is 0.312 e. The second kappa shape index (κ2) is 4.70. The average molecular weight is 275 g/mol. The second-order valence-electron chi connectivity index (χ2n) is 2.44. The van der Waals surface area contributed by atoms with Gasteiger partial charge in [0.25, 0.3) is 0 Å². The standard InChI is InChI=1S/C8H4BrFN2O3/c9-5-3-7(12(13)14)8(4-6(5)10)15-2-1-11/h3-4H,2H2. The van der Waals surface area contributed by atoms with Crippen molar-refractivity contribution in [2.45, 2.75) is 0 Å². The molecule has 0 saturated carbocycles. The summed E-state index contributed by atoms with van der Waals surface area (Å²) in [5.74, 6) is -0.948. The molecule has 0 atom stereocenters. The summed E-state index contributed by atoms with van der Waals surface area (Å²) in [5, 5.41) is 18.8. The highest BCUT2D eigenvalue weighted by Gasteiger charge is 2.18. The lowest BCUT2D eigenvalue weighted by atomic mass is 10.3. The fraction of sp³-hybridized carbons (Fsp3) is 0.125. The van der Waals surface area contributed by atoms with Gasteiger partial charge in [-0.05, 0) is 15.9 Å². The van der Waals surface area contributed by atoms with Crippen LogP contribution >= 0.6 is 15.9 Å². The minimum Gasteiger partial charge on any atom is -0.471 e. The van der Waals surface area contributed by atoms with E-state index in [1.807, 2.05) is 0 Å². The Morgan fingerprint density at radius 1 is 1.67 bits per heavy atom. The lowest BCUT2D eigenvalue weighted by Crippen LogP contribution is -1.99. The fourth-order valence-corrected chi connectivity index (χ4v) is 1.22. The minimum absolute atomic E-state index is 0.0292. The van der Waals surface area contributed by atoms with Crippen LogP contribution in [0.2, 0.25) is 0 Å². The maximum absolute atomic E-state index is 13.0. The molecule has 0 aliphatic heterocycles. The van der Waals surface area contributed by atoms with Crippen molar-refractivity contribution in [3.8, 4) is 11.8 Å². The molecule has 5 nitrogen and oxygen atoms in total. The van der Waals surface area contributed by atoms with Crippen LogP contribution in [-0.2, 0) is 0 Å². The van der Waals surface area contributed by atoms with Crippen LogP contribution in [0.15, 0.2) is 16.6 Å². The Morgan fingerprint density at radius 3 is 2.87 bits per heavy atom. The highest BCUT2D eigenvalue weighted by molar-refractivity contribution is 9.10. The monoisotopic (exact) mass is 274 g/mol. The van der Waals surface area contributed by atoms with Crippen molar-refractivity contribution in [3.05, 3.63) is 32.5 Å². The zero-order valence-corrected chi connectivity index (χ0v) is 8.82. The predicted molar refractivity (Wildman–Crippen MR) is 51.9 cm³/mol. The minimum atomic E-state index is -0.711. The van der Waals surface area contributed by atoms with Gasteiger partial charge in [-0.15, -0.1) is 0 Å². The zero-order valence-electron chi connectivity index (χ0n) is 7.24. The number of ether oxygens (including phenoxy) is 1. The van der Waals surface area contributed by atoms with E-state index >= 15 is 0 Å². The summed E-state index contributed by atoms with van der Waals surface area (Å²) in [6, 6.07) is 3.49. The van der Waals surface area contributed by atoms with Crippen LogP contribution in [0.25, 0.3) is 0 Å². The Kier molecular flexibility index (Phi) is 3.57. The maximum atomic E-state index is 13.0. The lowest BCUT2D eigenvalue weighted by molar-refractivity contribution is -0.385. The van der Waals surface area contributed by atoms with E-state index in [9.17, 15) is 14.5 Å². The predicted octanol–water partition coefficient (Wildman–Crippen LogP) is 2.40. The van der Waals surface area contributed by atoms with Crippen LogP contribution in [0, 0.1) is 27.3 Å². The summed E-state index contributed by atoms with van der Waals surface area (Å²) in [4.78, 5) is 9.84. The topological polar surface area (TPSA) is 76.2 Å². The first kappa shape index (κ1) is 11.4. The number of nitro groups is 1. The van der Waals surface area contributed by atoms with Gasteiger partial charge in [-0.3, -0.25) is 10.1 Å². The van der Waals surface area contributed by atoms with Crippen LogP contribution in [0.5, 0.6) is 5.75 Å². The van der Waals surface area contributed by atoms with E-state index in [0.29, 0.717) is 0 Å². The average Bonchev–Trinajstić information content (AvgIpc) is 2.19. The van der Waals surface area contributed by atoms with Crippen LogP contribution in [0.1, 0.15) is 0 Å². The summed E-state index contributed by atoms with van der Waals surface area (Å²) in [6.07, 6.45) is 0. The van der Waals surface area contributed by atoms with Crippen molar-refractivity contribution >= 4 is 21.6 Å². The van der Waals surface area contributed by atoms with Crippen LogP contribution in [0.4, 0.5) is 10.1 Å². The first-order valence-electron chi connectivity index (χ1n) is 3.69. The van der Waals surface area contributed by atoms with E-state index in [-0.39, 0.29) is 16.8 Å². The summed E-state index contributed by atoms with van der Waals surface area (Å²) in [5.41, 5.74) is -0.390. The molecule has 0 heterocycles. The molecular formula is C8H4BrFN2O3. The van der Waals surface area contributed by atoms with E-state index in [1.54, 1.807) is 6.07 Å². The number of nitro benzene ring substituents is 1. The molecule has 1 rings (SSSR count). The molecule has 0 N–H and O–H groups in total. The first-order valence-corrected chi connectivity index (χ1v) is 4.48. The third kappa shape index (κ3) is 2.63. The van der Waals surface area contributed by atoms with Crippen molar-refractivity contribution in [2.75, 3.05) is 6.61 Å². The molecule has 1 aromatic rings. The molecule has 0 radical (unpaired) electrons. The molecule has 7 heteroatoms. The molecule has 0 fully saturated rings. The molecule has 0 aliphatic rings. The number of hydrogen-bond donors (Lipinski definition) is 0. The zero-order chi connectivity index (χ0) is 11.4. The summed E-state index contributed by atoms with van der Waals surface area (Å²) < 4.78 is 17.7. The van der Waals surface area contributed by atoms with Crippen molar-refractivity contribution in [3.63, 3.8) is 0 Å². The van der Waals surface area contributed by atoms with Crippen molar-refractivity contribution in [2.24, 2.45) is 0 Å². The molecule has 0 bridgehead atoms. The van der Waals surface area contributed by atoms with Crippen molar-refractivity contribution < 1.29 is 14.1 Å². The number of halogens is 2. The Hall–Kier alpha value is -1.68. The molecule has 15 heavy (non-hydrogen) atoms. The Labute approximate surface area is 92.4 Å². The lowest BCUT2D eigenvalue weighted by Gasteiger charge is -2.03. The normalized spacial score (nSPS) is 9.40. The van der Waals surface area contributed by atoms with Gasteiger partial charge in [0.1, 0.15) is 11.9 Å². The molecule has 0 amide bonds. The SMILES string of the molecule is N#CCOc1cc(F)c(Br)cc1[N+](=O)[O-]. The molecule has 0 unspecified atom stereocenters. The van der Waals surface area contributed by atoms with E-state index in [4.69, 9.17) is 10.00 Å². The summed E-state index contributed by atoms with van der Waals surface area (Å²) >= 11 is 2.82. The van der Waals surface area contributed by atoms with Crippen LogP contribution in [0.3, 0.4) is 0 Å². The highest BCUT2D eigenvalue weighted by Crippen LogP contribution is 2.32. The van der Waals surface area contributed by atoms with Gasteiger partial charge in [0, 0.05) is 12.1 Å². The second-order valence-corrected chi connectivity index (χ2v) is 3.29. The number of nitriles is 1. The van der Waals surface area contributed by atoms with Gasteiger partial charge in [-0.25, -0.2) is 4.39 Å². The molecule has 0 aromatic heterocycles. The number of rotatable bonds is 3. The van der Waals surface area contributed by atoms with Gasteiger partial charge in [0.15, 0.2) is 6.61 Å². The number of hydrogen-bond acceptors (Lipinski definition) is 4. The number of benzene rings is 1. The smallest absolute Gasteiger partial charge is 0.312 e. The molecule has 1 aromatic carbocycles. The molecule has 0 spiro atoms. The van der Waals surface area contributed by atoms with E-state index in [0.717, 1.165) is 12.1 Å². The largest absolute Gasteiger partial charge is 0.471 e. The first-order chi connectivity index (χ1) is 7.06. The molecular weight excluding hydrogens is 271 g/mol. The molecule has 78 valence electrons. The van der Waals surface area contributed by atoms with Crippen LogP contribution < -0.4 is 4.74 Å². The summed E-state index contributed by atoms with van der Waals surface area (Å²) in [7, 11) is 0. The van der Waals surface area contributed by atoms with Gasteiger partial charge >= 0.3 is 5.69 Å². The van der Waals surface area contributed by atoms with Crippen LogP contribution in [-0.4, -0.2) is 11.5 Å². The third-order valence-electron chi connectivity index (χ3n) is 1.49. The van der Waals surface area contributed by atoms with Gasteiger partial charge in [-0.1, -0.05) is 0 Å². The molecule has 0 saturated heterocycles. The molecule has 0 aliphatic carbocycles. The Bertz CT molecular complexity index is 444. The fourth-order valence-electron chi connectivity index (χ4n) is 0.886. The third-order valence-corrected chi connectivity index (χ3v) is 2.10. The van der Waals surface area contributed by atoms with Gasteiger partial charge < -0.3 is 4.74 Å². The van der Waals surface area contributed by atoms with Gasteiger partial charge in [-0.2, -0.15) is 5.26 Å². The van der Waals surface area contributed by atoms with E-state index in [2.05, 4.69) is 15.9 Å². The highest BCUT2D eigenvalue weighted by atomic mass is 79.9. The summed E-state index contributed by atoms with van der Waals surface area (Å²) in [6.45, 7) is -0.373. The number of nitrogens with zero attached hydrogens (tertiary/aromatic N) is 2. The Morgan fingerprint density at radius 2 is 2.33 bits per heavy atom. The van der Waals surface area contributed by atoms with E-state index < -0.39 is 16.4 Å². The van der Waals surface area contributed by atoms with Gasteiger partial charge in [0.05, 0.1) is 9.40 Å². The quantitative estimate of drug-likeness (QED) is 0.626. The Balaban J connectivity index is 3.17. The van der Waals surface area contributed by atoms with Gasteiger partial charge in [0.2, 0.25) is 5.75 Å². The van der Waals surface area contributed by atoms with Crippen molar-refractivity contribution in [1.82, 2.24) is 0 Å². The van der Waals surface area contributed by atoms with E-state index in [1.165, 1.54) is 0 Å².